The number of nitrogens with one attached hydrogen (secondary N) is 2. The Bertz CT molecular complexity index is 501. The van der Waals surface area contributed by atoms with Crippen molar-refractivity contribution >= 4 is 27.7 Å². The Morgan fingerprint density at radius 2 is 2.30 bits per heavy atom. The van der Waals surface area contributed by atoms with E-state index in [4.69, 9.17) is 4.74 Å². The highest BCUT2D eigenvalue weighted by molar-refractivity contribution is 9.10. The molecule has 0 radical (unpaired) electrons. The number of hydrogen-bond acceptors (Lipinski definition) is 3. The zero-order valence-corrected chi connectivity index (χ0v) is 13.1. The third-order valence-corrected chi connectivity index (χ3v) is 3.46. The molecule has 7 heteroatoms. The standard InChI is InChI=1S/C13H18BrN3O3/c1-8(2)16-12(18)11-7-20-4-3-17(11)13(19)10-5-9(14)6-15-10/h5-6,8,11,15H,3-4,7H2,1-2H3,(H,16,18). The highest BCUT2D eigenvalue weighted by Gasteiger charge is 2.34. The van der Waals surface area contributed by atoms with Gasteiger partial charge < -0.3 is 19.9 Å². The molecule has 0 aliphatic carbocycles. The summed E-state index contributed by atoms with van der Waals surface area (Å²) in [7, 11) is 0. The van der Waals surface area contributed by atoms with Crippen LogP contribution in [0.15, 0.2) is 16.7 Å². The third kappa shape index (κ3) is 3.40. The van der Waals surface area contributed by atoms with Crippen molar-refractivity contribution in [2.24, 2.45) is 0 Å². The molecule has 1 aliphatic rings. The summed E-state index contributed by atoms with van der Waals surface area (Å²) in [5.41, 5.74) is 0.459. The zero-order chi connectivity index (χ0) is 14.7. The van der Waals surface area contributed by atoms with E-state index in [1.807, 2.05) is 13.8 Å². The van der Waals surface area contributed by atoms with Crippen molar-refractivity contribution in [2.75, 3.05) is 19.8 Å². The topological polar surface area (TPSA) is 74.4 Å². The number of amides is 2. The first-order valence-electron chi connectivity index (χ1n) is 6.52. The number of rotatable bonds is 3. The summed E-state index contributed by atoms with van der Waals surface area (Å²) in [5.74, 6) is -0.374. The summed E-state index contributed by atoms with van der Waals surface area (Å²) in [4.78, 5) is 29.1. The molecule has 0 saturated carbocycles. The lowest BCUT2D eigenvalue weighted by Gasteiger charge is -2.34. The molecule has 1 aromatic rings. The van der Waals surface area contributed by atoms with E-state index in [0.717, 1.165) is 4.47 Å². The van der Waals surface area contributed by atoms with Gasteiger partial charge in [0.15, 0.2) is 0 Å². The molecule has 1 aliphatic heterocycles. The fourth-order valence-electron chi connectivity index (χ4n) is 2.09. The van der Waals surface area contributed by atoms with Gasteiger partial charge in [-0.15, -0.1) is 0 Å². The van der Waals surface area contributed by atoms with Crippen LogP contribution in [0.5, 0.6) is 0 Å². The van der Waals surface area contributed by atoms with Crippen LogP contribution in [0.25, 0.3) is 0 Å². The second-order valence-electron chi connectivity index (χ2n) is 4.98. The number of ether oxygens (including phenoxy) is 1. The maximum absolute atomic E-state index is 12.5. The molecule has 1 saturated heterocycles. The quantitative estimate of drug-likeness (QED) is 0.864. The van der Waals surface area contributed by atoms with E-state index in [0.29, 0.717) is 18.8 Å². The van der Waals surface area contributed by atoms with Gasteiger partial charge in [0.25, 0.3) is 5.91 Å². The van der Waals surface area contributed by atoms with Gasteiger partial charge in [0, 0.05) is 23.3 Å². The lowest BCUT2D eigenvalue weighted by molar-refractivity contribution is -0.131. The Kier molecular flexibility index (Phi) is 4.82. The van der Waals surface area contributed by atoms with Gasteiger partial charge in [-0.1, -0.05) is 0 Å². The smallest absolute Gasteiger partial charge is 0.271 e. The number of nitrogens with zero attached hydrogens (tertiary/aromatic N) is 1. The van der Waals surface area contributed by atoms with Crippen LogP contribution in [0.2, 0.25) is 0 Å². The number of morpholine rings is 1. The third-order valence-electron chi connectivity index (χ3n) is 3.00. The molecule has 20 heavy (non-hydrogen) atoms. The minimum atomic E-state index is -0.583. The van der Waals surface area contributed by atoms with E-state index in [2.05, 4.69) is 26.2 Å². The van der Waals surface area contributed by atoms with Gasteiger partial charge >= 0.3 is 0 Å². The monoisotopic (exact) mass is 343 g/mol. The van der Waals surface area contributed by atoms with E-state index < -0.39 is 6.04 Å². The van der Waals surface area contributed by atoms with Crippen molar-refractivity contribution in [3.05, 3.63) is 22.4 Å². The Labute approximate surface area is 126 Å². The molecular weight excluding hydrogens is 326 g/mol. The molecule has 2 rings (SSSR count). The van der Waals surface area contributed by atoms with E-state index in [9.17, 15) is 9.59 Å². The van der Waals surface area contributed by atoms with E-state index >= 15 is 0 Å². The summed E-state index contributed by atoms with van der Waals surface area (Å²) in [6.45, 7) is 4.85. The Balaban J connectivity index is 2.14. The molecule has 6 nitrogen and oxygen atoms in total. The molecule has 0 spiro atoms. The molecular formula is C13H18BrN3O3. The van der Waals surface area contributed by atoms with E-state index in [1.54, 1.807) is 17.2 Å². The van der Waals surface area contributed by atoms with Gasteiger partial charge in [-0.05, 0) is 35.8 Å². The summed E-state index contributed by atoms with van der Waals surface area (Å²) in [6, 6.07) is 1.15. The molecule has 0 aromatic carbocycles. The SMILES string of the molecule is CC(C)NC(=O)C1COCCN1C(=O)c1cc(Br)c[nH]1. The van der Waals surface area contributed by atoms with Crippen molar-refractivity contribution in [1.29, 1.82) is 0 Å². The van der Waals surface area contributed by atoms with Crippen molar-refractivity contribution in [3.8, 4) is 0 Å². The molecule has 2 N–H and O–H groups in total. The van der Waals surface area contributed by atoms with Crippen molar-refractivity contribution in [2.45, 2.75) is 25.9 Å². The van der Waals surface area contributed by atoms with Crippen molar-refractivity contribution in [1.82, 2.24) is 15.2 Å². The summed E-state index contributed by atoms with van der Waals surface area (Å²) in [5, 5.41) is 2.82. The number of H-pyrrole nitrogens is 1. The number of hydrogen-bond donors (Lipinski definition) is 2. The number of aromatic nitrogens is 1. The number of halogens is 1. The average Bonchev–Trinajstić information content (AvgIpc) is 2.84. The lowest BCUT2D eigenvalue weighted by atomic mass is 10.2. The van der Waals surface area contributed by atoms with Gasteiger partial charge in [-0.25, -0.2) is 0 Å². The van der Waals surface area contributed by atoms with Crippen LogP contribution in [0, 0.1) is 0 Å². The first kappa shape index (κ1) is 15.1. The van der Waals surface area contributed by atoms with Gasteiger partial charge in [-0.2, -0.15) is 0 Å². The molecule has 2 amide bonds. The lowest BCUT2D eigenvalue weighted by Crippen LogP contribution is -2.56. The van der Waals surface area contributed by atoms with Crippen LogP contribution in [-0.4, -0.2) is 53.5 Å². The summed E-state index contributed by atoms with van der Waals surface area (Å²) >= 11 is 3.30. The second-order valence-corrected chi connectivity index (χ2v) is 5.90. The largest absolute Gasteiger partial charge is 0.377 e. The van der Waals surface area contributed by atoms with Crippen LogP contribution in [-0.2, 0) is 9.53 Å². The summed E-state index contributed by atoms with van der Waals surface area (Å²) in [6.07, 6.45) is 1.69. The number of aromatic amines is 1. The van der Waals surface area contributed by atoms with Crippen molar-refractivity contribution < 1.29 is 14.3 Å². The van der Waals surface area contributed by atoms with Crippen molar-refractivity contribution in [3.63, 3.8) is 0 Å². The first-order valence-corrected chi connectivity index (χ1v) is 7.31. The maximum atomic E-state index is 12.5. The van der Waals surface area contributed by atoms with Crippen LogP contribution in [0.3, 0.4) is 0 Å². The molecule has 1 unspecified atom stereocenters. The Morgan fingerprint density at radius 3 is 2.90 bits per heavy atom. The first-order chi connectivity index (χ1) is 9.49. The minimum Gasteiger partial charge on any atom is -0.377 e. The maximum Gasteiger partial charge on any atom is 0.271 e. The number of carbonyl (C=O) groups excluding carboxylic acids is 2. The molecule has 1 atom stereocenters. The van der Waals surface area contributed by atoms with Crippen LogP contribution < -0.4 is 5.32 Å². The predicted octanol–water partition coefficient (Wildman–Crippen LogP) is 1.14. The molecule has 1 fully saturated rings. The molecule has 1 aromatic heterocycles. The highest BCUT2D eigenvalue weighted by atomic mass is 79.9. The van der Waals surface area contributed by atoms with Gasteiger partial charge in [0.2, 0.25) is 5.91 Å². The predicted molar refractivity (Wildman–Crippen MR) is 77.4 cm³/mol. The average molecular weight is 344 g/mol. The number of carbonyl (C=O) groups is 2. The van der Waals surface area contributed by atoms with Gasteiger partial charge in [-0.3, -0.25) is 9.59 Å². The fourth-order valence-corrected chi connectivity index (χ4v) is 2.43. The summed E-state index contributed by atoms with van der Waals surface area (Å²) < 4.78 is 6.14. The van der Waals surface area contributed by atoms with Crippen LogP contribution in [0.4, 0.5) is 0 Å². The fraction of sp³-hybridized carbons (Fsp3) is 0.538. The second kappa shape index (κ2) is 6.41. The Hall–Kier alpha value is -1.34. The van der Waals surface area contributed by atoms with E-state index in [-0.39, 0.29) is 24.5 Å². The minimum absolute atomic E-state index is 0.0287. The van der Waals surface area contributed by atoms with Gasteiger partial charge in [0.1, 0.15) is 11.7 Å². The van der Waals surface area contributed by atoms with E-state index in [1.165, 1.54) is 0 Å². The molecule has 2 heterocycles. The molecule has 0 bridgehead atoms. The van der Waals surface area contributed by atoms with Crippen LogP contribution in [0.1, 0.15) is 24.3 Å². The van der Waals surface area contributed by atoms with Gasteiger partial charge in [0.05, 0.1) is 13.2 Å². The Morgan fingerprint density at radius 1 is 1.55 bits per heavy atom. The normalized spacial score (nSPS) is 19.2. The zero-order valence-electron chi connectivity index (χ0n) is 11.5. The highest BCUT2D eigenvalue weighted by Crippen LogP contribution is 2.16. The molecule has 110 valence electrons. The van der Waals surface area contributed by atoms with Crippen LogP contribution >= 0.6 is 15.9 Å².